The minimum Gasteiger partial charge on any atom is -0.493 e. The van der Waals surface area contributed by atoms with Crippen LogP contribution in [-0.2, 0) is 19.0 Å². The number of fused-ring (bicyclic) bond motifs is 1. The summed E-state index contributed by atoms with van der Waals surface area (Å²) in [4.78, 5) is 0. The highest BCUT2D eigenvalue weighted by atomic mass is 31.2. The Morgan fingerprint density at radius 1 is 1.25 bits per heavy atom. The monoisotopic (exact) mass is 356 g/mol. The van der Waals surface area contributed by atoms with E-state index in [-0.39, 0.29) is 24.3 Å². The summed E-state index contributed by atoms with van der Waals surface area (Å²) in [6, 6.07) is 5.91. The molecule has 1 unspecified atom stereocenters. The first-order valence-corrected chi connectivity index (χ1v) is 10.3. The van der Waals surface area contributed by atoms with Crippen LogP contribution in [0.25, 0.3) is 0 Å². The van der Waals surface area contributed by atoms with Crippen LogP contribution < -0.4 is 9.47 Å². The Morgan fingerprint density at radius 2 is 1.92 bits per heavy atom. The van der Waals surface area contributed by atoms with Gasteiger partial charge in [0, 0.05) is 11.6 Å². The molecule has 0 saturated heterocycles. The normalized spacial score (nSPS) is 19.5. The van der Waals surface area contributed by atoms with Gasteiger partial charge in [-0.3, -0.25) is 4.57 Å². The Kier molecular flexibility index (Phi) is 6.35. The molecular formula is C18H29O5P. The van der Waals surface area contributed by atoms with E-state index in [4.69, 9.17) is 18.5 Å². The zero-order valence-corrected chi connectivity index (χ0v) is 16.2. The molecule has 1 atom stereocenters. The lowest BCUT2D eigenvalue weighted by Gasteiger charge is -2.36. The molecule has 0 amide bonds. The predicted octanol–water partition coefficient (Wildman–Crippen LogP) is 4.78. The maximum absolute atomic E-state index is 12.4. The van der Waals surface area contributed by atoms with Crippen molar-refractivity contribution >= 4 is 7.60 Å². The number of hydrogen-bond donors (Lipinski definition) is 0. The first-order valence-electron chi connectivity index (χ1n) is 8.62. The van der Waals surface area contributed by atoms with Gasteiger partial charge in [0.2, 0.25) is 0 Å². The Hall–Kier alpha value is -1.03. The topological polar surface area (TPSA) is 54.0 Å². The maximum Gasteiger partial charge on any atom is 0.334 e. The van der Waals surface area contributed by atoms with Crippen molar-refractivity contribution in [2.75, 3.05) is 26.0 Å². The molecule has 0 fully saturated rings. The second-order valence-corrected chi connectivity index (χ2v) is 8.88. The predicted molar refractivity (Wildman–Crippen MR) is 95.4 cm³/mol. The summed E-state index contributed by atoms with van der Waals surface area (Å²) in [7, 11) is -3.07. The van der Waals surface area contributed by atoms with E-state index in [1.165, 1.54) is 5.56 Å². The summed E-state index contributed by atoms with van der Waals surface area (Å²) in [5.41, 5.74) is 1.28. The maximum atomic E-state index is 12.4. The van der Waals surface area contributed by atoms with Crippen LogP contribution in [0.1, 0.15) is 46.6 Å². The van der Waals surface area contributed by atoms with Crippen LogP contribution in [0.2, 0.25) is 0 Å². The molecule has 1 aliphatic heterocycles. The average molecular weight is 356 g/mol. The highest BCUT2D eigenvalue weighted by Gasteiger charge is 2.32. The van der Waals surface area contributed by atoms with Gasteiger partial charge in [-0.2, -0.15) is 0 Å². The fourth-order valence-electron chi connectivity index (χ4n) is 3.17. The van der Waals surface area contributed by atoms with E-state index in [0.717, 1.165) is 12.2 Å². The third kappa shape index (κ3) is 4.75. The van der Waals surface area contributed by atoms with Crippen LogP contribution in [0.3, 0.4) is 0 Å². The van der Waals surface area contributed by atoms with Gasteiger partial charge in [-0.05, 0) is 38.7 Å². The van der Waals surface area contributed by atoms with E-state index in [9.17, 15) is 4.57 Å². The van der Waals surface area contributed by atoms with Crippen molar-refractivity contribution in [3.05, 3.63) is 23.8 Å². The van der Waals surface area contributed by atoms with Crippen LogP contribution in [0.15, 0.2) is 18.2 Å². The van der Waals surface area contributed by atoms with Crippen molar-refractivity contribution in [3.8, 4) is 11.5 Å². The molecule has 0 bridgehead atoms. The fourth-order valence-corrected chi connectivity index (χ4v) is 4.61. The molecule has 136 valence electrons. The second kappa shape index (κ2) is 7.90. The largest absolute Gasteiger partial charge is 0.493 e. The molecule has 1 aromatic rings. The number of benzene rings is 1. The molecule has 1 aliphatic rings. The van der Waals surface area contributed by atoms with Crippen molar-refractivity contribution in [2.45, 2.75) is 52.6 Å². The zero-order chi connectivity index (χ0) is 17.8. The smallest absolute Gasteiger partial charge is 0.334 e. The van der Waals surface area contributed by atoms with Gasteiger partial charge in [0.25, 0.3) is 0 Å². The van der Waals surface area contributed by atoms with Gasteiger partial charge in [0.05, 0.1) is 32.1 Å². The lowest BCUT2D eigenvalue weighted by atomic mass is 9.78. The number of rotatable bonds is 8. The third-order valence-electron chi connectivity index (χ3n) is 4.09. The Balaban J connectivity index is 2.02. The molecule has 6 heteroatoms. The third-order valence-corrected chi connectivity index (χ3v) is 6.13. The van der Waals surface area contributed by atoms with E-state index in [1.54, 1.807) is 13.8 Å². The zero-order valence-electron chi connectivity index (χ0n) is 15.3. The molecule has 0 radical (unpaired) electrons. The van der Waals surface area contributed by atoms with Crippen molar-refractivity contribution < 1.29 is 23.1 Å². The van der Waals surface area contributed by atoms with Gasteiger partial charge in [0.1, 0.15) is 11.5 Å². The lowest BCUT2D eigenvalue weighted by Crippen LogP contribution is -2.32. The van der Waals surface area contributed by atoms with Crippen molar-refractivity contribution in [2.24, 2.45) is 0 Å². The van der Waals surface area contributed by atoms with Crippen molar-refractivity contribution in [1.29, 1.82) is 0 Å². The second-order valence-electron chi connectivity index (χ2n) is 6.69. The standard InChI is InChI=1S/C18H29O5P/c1-6-21-24(19,22-7-2)11-10-20-15-8-9-16-17(12-15)23-14(3)13-18(16,4)5/h8-9,12,14H,6-7,10-11,13H2,1-5H3. The quantitative estimate of drug-likeness (QED) is 0.628. The molecule has 0 N–H and O–H groups in total. The van der Waals surface area contributed by atoms with Gasteiger partial charge in [-0.25, -0.2) is 0 Å². The van der Waals surface area contributed by atoms with E-state index in [0.29, 0.717) is 19.0 Å². The molecule has 1 aromatic carbocycles. The molecule has 0 spiro atoms. The van der Waals surface area contributed by atoms with Gasteiger partial charge in [-0.1, -0.05) is 19.9 Å². The first kappa shape index (κ1) is 19.3. The first-order chi connectivity index (χ1) is 11.3. The van der Waals surface area contributed by atoms with E-state index in [1.807, 2.05) is 12.1 Å². The minimum atomic E-state index is -3.07. The minimum absolute atomic E-state index is 0.0885. The van der Waals surface area contributed by atoms with Crippen molar-refractivity contribution in [3.63, 3.8) is 0 Å². The number of ether oxygens (including phenoxy) is 2. The molecule has 0 aromatic heterocycles. The molecular weight excluding hydrogens is 327 g/mol. The molecule has 2 rings (SSSR count). The molecule has 24 heavy (non-hydrogen) atoms. The van der Waals surface area contributed by atoms with Crippen LogP contribution >= 0.6 is 7.60 Å². The van der Waals surface area contributed by atoms with Gasteiger partial charge < -0.3 is 18.5 Å². The lowest BCUT2D eigenvalue weighted by molar-refractivity contribution is 0.149. The van der Waals surface area contributed by atoms with Crippen LogP contribution in [-0.4, -0.2) is 32.1 Å². The van der Waals surface area contributed by atoms with Gasteiger partial charge in [-0.15, -0.1) is 0 Å². The summed E-state index contributed by atoms with van der Waals surface area (Å²) in [5, 5.41) is 0. The van der Waals surface area contributed by atoms with E-state index < -0.39 is 7.60 Å². The van der Waals surface area contributed by atoms with Crippen LogP contribution in [0, 0.1) is 0 Å². The molecule has 0 saturated carbocycles. The molecule has 5 nitrogen and oxygen atoms in total. The summed E-state index contributed by atoms with van der Waals surface area (Å²) in [5.74, 6) is 1.58. The van der Waals surface area contributed by atoms with E-state index >= 15 is 0 Å². The summed E-state index contributed by atoms with van der Waals surface area (Å²) in [6.07, 6.45) is 1.40. The molecule has 0 aliphatic carbocycles. The Morgan fingerprint density at radius 3 is 2.54 bits per heavy atom. The summed E-state index contributed by atoms with van der Waals surface area (Å²) < 4.78 is 34.7. The van der Waals surface area contributed by atoms with Crippen LogP contribution in [0.5, 0.6) is 11.5 Å². The van der Waals surface area contributed by atoms with Gasteiger partial charge in [0.15, 0.2) is 0 Å². The SMILES string of the molecule is CCOP(=O)(CCOc1ccc2c(c1)OC(C)CC2(C)C)OCC. The highest BCUT2D eigenvalue weighted by molar-refractivity contribution is 7.53. The Labute approximate surface area is 145 Å². The van der Waals surface area contributed by atoms with Crippen LogP contribution in [0.4, 0.5) is 0 Å². The number of hydrogen-bond acceptors (Lipinski definition) is 5. The highest BCUT2D eigenvalue weighted by Crippen LogP contribution is 2.47. The summed E-state index contributed by atoms with van der Waals surface area (Å²) in [6.45, 7) is 11.1. The Bertz CT molecular complexity index is 589. The summed E-state index contributed by atoms with van der Waals surface area (Å²) >= 11 is 0. The van der Waals surface area contributed by atoms with Crippen molar-refractivity contribution in [1.82, 2.24) is 0 Å². The average Bonchev–Trinajstić information content (AvgIpc) is 2.46. The fraction of sp³-hybridized carbons (Fsp3) is 0.667. The van der Waals surface area contributed by atoms with Gasteiger partial charge >= 0.3 is 7.60 Å². The molecule has 1 heterocycles. The van der Waals surface area contributed by atoms with E-state index in [2.05, 4.69) is 26.8 Å².